The fraction of sp³-hybridized carbons (Fsp3) is 0.182. The van der Waals surface area contributed by atoms with E-state index in [9.17, 15) is 4.79 Å². The number of carbonyl (C=O) groups excluding carboxylic acids is 1. The summed E-state index contributed by atoms with van der Waals surface area (Å²) in [4.78, 5) is 16.0. The molecule has 1 amide bonds. The monoisotopic (exact) mass is 316 g/mol. The van der Waals surface area contributed by atoms with Crippen LogP contribution in [0.15, 0.2) is 23.4 Å². The highest BCUT2D eigenvalue weighted by Gasteiger charge is 2.11. The Morgan fingerprint density at radius 2 is 2.21 bits per heavy atom. The Hall–Kier alpha value is -1.24. The summed E-state index contributed by atoms with van der Waals surface area (Å²) < 4.78 is 0. The van der Waals surface area contributed by atoms with E-state index in [0.717, 1.165) is 5.75 Å². The minimum Gasteiger partial charge on any atom is -0.291 e. The third-order valence-electron chi connectivity index (χ3n) is 2.15. The minimum absolute atomic E-state index is 0.298. The first-order chi connectivity index (χ1) is 9.10. The third kappa shape index (κ3) is 3.62. The number of amides is 1. The Bertz CT molecular complexity index is 602. The van der Waals surface area contributed by atoms with E-state index in [1.54, 1.807) is 12.1 Å². The van der Waals surface area contributed by atoms with E-state index in [0.29, 0.717) is 26.7 Å². The summed E-state index contributed by atoms with van der Waals surface area (Å²) in [6.45, 7) is 2.00. The lowest BCUT2D eigenvalue weighted by atomic mass is 10.2. The first-order valence-electron chi connectivity index (χ1n) is 5.41. The number of benzene rings is 1. The minimum atomic E-state index is -0.331. The highest BCUT2D eigenvalue weighted by Crippen LogP contribution is 2.23. The average molecular weight is 317 g/mol. The second-order valence-electron chi connectivity index (χ2n) is 3.48. The molecule has 0 fully saturated rings. The highest BCUT2D eigenvalue weighted by atomic mass is 35.5. The van der Waals surface area contributed by atoms with E-state index in [4.69, 9.17) is 23.2 Å². The summed E-state index contributed by atoms with van der Waals surface area (Å²) in [5, 5.41) is 10.5. The van der Waals surface area contributed by atoms with Gasteiger partial charge < -0.3 is 0 Å². The highest BCUT2D eigenvalue weighted by molar-refractivity contribution is 7.99. The number of hydrogen-bond acceptors (Lipinski definition) is 4. The molecule has 2 aromatic rings. The van der Waals surface area contributed by atoms with Crippen LogP contribution in [-0.2, 0) is 0 Å². The molecule has 0 aliphatic rings. The van der Waals surface area contributed by atoms with E-state index in [1.807, 2.05) is 6.92 Å². The van der Waals surface area contributed by atoms with Crippen LogP contribution in [0.1, 0.15) is 17.3 Å². The molecule has 0 atom stereocenters. The number of aromatic amines is 1. The number of thioether (sulfide) groups is 1. The van der Waals surface area contributed by atoms with Gasteiger partial charge in [0, 0.05) is 5.56 Å². The van der Waals surface area contributed by atoms with Gasteiger partial charge in [0.25, 0.3) is 5.91 Å². The fourth-order valence-corrected chi connectivity index (χ4v) is 2.14. The van der Waals surface area contributed by atoms with Gasteiger partial charge in [-0.1, -0.05) is 41.9 Å². The SMILES string of the molecule is CCSc1n[nH]c(NC(=O)c2ccc(Cl)c(Cl)c2)n1. The number of rotatable bonds is 4. The molecule has 2 rings (SSSR count). The Morgan fingerprint density at radius 3 is 2.89 bits per heavy atom. The van der Waals surface area contributed by atoms with Crippen molar-refractivity contribution in [1.29, 1.82) is 0 Å². The zero-order valence-electron chi connectivity index (χ0n) is 9.91. The van der Waals surface area contributed by atoms with Crippen molar-refractivity contribution in [3.8, 4) is 0 Å². The van der Waals surface area contributed by atoms with Crippen molar-refractivity contribution in [1.82, 2.24) is 15.2 Å². The zero-order valence-corrected chi connectivity index (χ0v) is 12.2. The lowest BCUT2D eigenvalue weighted by Crippen LogP contribution is -2.12. The van der Waals surface area contributed by atoms with Gasteiger partial charge in [-0.25, -0.2) is 5.10 Å². The molecule has 2 N–H and O–H groups in total. The second-order valence-corrected chi connectivity index (χ2v) is 5.53. The summed E-state index contributed by atoms with van der Waals surface area (Å²) in [6.07, 6.45) is 0. The van der Waals surface area contributed by atoms with Crippen molar-refractivity contribution >= 4 is 46.8 Å². The Morgan fingerprint density at radius 1 is 1.42 bits per heavy atom. The van der Waals surface area contributed by atoms with Gasteiger partial charge in [0.15, 0.2) is 0 Å². The number of nitrogens with one attached hydrogen (secondary N) is 2. The molecule has 0 saturated heterocycles. The first-order valence-corrected chi connectivity index (χ1v) is 7.16. The molecule has 0 unspecified atom stereocenters. The normalized spacial score (nSPS) is 10.5. The Kier molecular flexibility index (Phi) is 4.68. The molecule has 5 nitrogen and oxygen atoms in total. The van der Waals surface area contributed by atoms with Gasteiger partial charge in [0.2, 0.25) is 11.1 Å². The maximum absolute atomic E-state index is 11.9. The lowest BCUT2D eigenvalue weighted by molar-refractivity contribution is 0.102. The molecular weight excluding hydrogens is 307 g/mol. The van der Waals surface area contributed by atoms with Crippen molar-refractivity contribution in [2.45, 2.75) is 12.1 Å². The summed E-state index contributed by atoms with van der Waals surface area (Å²) in [5.41, 5.74) is 0.399. The van der Waals surface area contributed by atoms with Crippen LogP contribution in [0.5, 0.6) is 0 Å². The number of hydrogen-bond donors (Lipinski definition) is 2. The standard InChI is InChI=1S/C11H10Cl2N4OS/c1-2-19-11-15-10(16-17-11)14-9(18)6-3-4-7(12)8(13)5-6/h3-5H,2H2,1H3,(H2,14,15,16,17,18). The molecule has 1 heterocycles. The number of carbonyl (C=O) groups is 1. The van der Waals surface area contributed by atoms with Crippen LogP contribution in [-0.4, -0.2) is 26.8 Å². The third-order valence-corrected chi connectivity index (χ3v) is 3.62. The van der Waals surface area contributed by atoms with Crippen molar-refractivity contribution in [3.05, 3.63) is 33.8 Å². The van der Waals surface area contributed by atoms with Crippen LogP contribution in [0.25, 0.3) is 0 Å². The van der Waals surface area contributed by atoms with Crippen molar-refractivity contribution in [2.24, 2.45) is 0 Å². The van der Waals surface area contributed by atoms with Gasteiger partial charge in [-0.15, -0.1) is 5.10 Å². The number of halogens is 2. The average Bonchev–Trinajstić information content (AvgIpc) is 2.80. The molecule has 8 heteroatoms. The maximum Gasteiger partial charge on any atom is 0.258 e. The molecule has 0 aliphatic heterocycles. The van der Waals surface area contributed by atoms with Gasteiger partial charge in [-0.05, 0) is 24.0 Å². The summed E-state index contributed by atoms with van der Waals surface area (Å²) in [7, 11) is 0. The maximum atomic E-state index is 11.9. The number of nitrogens with zero attached hydrogens (tertiary/aromatic N) is 2. The molecule has 1 aromatic heterocycles. The van der Waals surface area contributed by atoms with E-state index >= 15 is 0 Å². The largest absolute Gasteiger partial charge is 0.291 e. The van der Waals surface area contributed by atoms with Crippen LogP contribution < -0.4 is 5.32 Å². The zero-order chi connectivity index (χ0) is 13.8. The van der Waals surface area contributed by atoms with Gasteiger partial charge in [0.05, 0.1) is 10.0 Å². The quantitative estimate of drug-likeness (QED) is 0.847. The van der Waals surface area contributed by atoms with Crippen LogP contribution in [0, 0.1) is 0 Å². The Balaban J connectivity index is 2.09. The summed E-state index contributed by atoms with van der Waals surface area (Å²) >= 11 is 13.1. The molecule has 0 saturated carbocycles. The smallest absolute Gasteiger partial charge is 0.258 e. The number of aromatic nitrogens is 3. The molecule has 1 aromatic carbocycles. The molecule has 100 valence electrons. The van der Waals surface area contributed by atoms with Gasteiger partial charge in [0.1, 0.15) is 0 Å². The van der Waals surface area contributed by atoms with Crippen LogP contribution in [0.4, 0.5) is 5.95 Å². The predicted molar refractivity (Wildman–Crippen MR) is 77.2 cm³/mol. The van der Waals surface area contributed by atoms with Crippen LogP contribution in [0.2, 0.25) is 10.0 Å². The second kappa shape index (κ2) is 6.27. The molecule has 0 bridgehead atoms. The van der Waals surface area contributed by atoms with Crippen LogP contribution >= 0.6 is 35.0 Å². The van der Waals surface area contributed by atoms with Crippen molar-refractivity contribution in [3.63, 3.8) is 0 Å². The van der Waals surface area contributed by atoms with Crippen LogP contribution in [0.3, 0.4) is 0 Å². The summed E-state index contributed by atoms with van der Waals surface area (Å²) in [6, 6.07) is 4.65. The summed E-state index contributed by atoms with van der Waals surface area (Å²) in [5.74, 6) is 0.827. The van der Waals surface area contributed by atoms with Gasteiger partial charge in [-0.2, -0.15) is 4.98 Å². The van der Waals surface area contributed by atoms with Crippen molar-refractivity contribution < 1.29 is 4.79 Å². The lowest BCUT2D eigenvalue weighted by Gasteiger charge is -2.02. The fourth-order valence-electron chi connectivity index (χ4n) is 1.31. The predicted octanol–water partition coefficient (Wildman–Crippen LogP) is 3.48. The van der Waals surface area contributed by atoms with Crippen molar-refractivity contribution in [2.75, 3.05) is 11.1 Å². The molecule has 0 radical (unpaired) electrons. The topological polar surface area (TPSA) is 70.7 Å². The van der Waals surface area contributed by atoms with E-state index in [-0.39, 0.29) is 5.91 Å². The Labute approximate surface area is 124 Å². The van der Waals surface area contributed by atoms with E-state index in [1.165, 1.54) is 17.8 Å². The molecular formula is C11H10Cl2N4OS. The number of H-pyrrole nitrogens is 1. The first kappa shape index (κ1) is 14.2. The molecule has 19 heavy (non-hydrogen) atoms. The van der Waals surface area contributed by atoms with Gasteiger partial charge in [-0.3, -0.25) is 10.1 Å². The molecule has 0 aliphatic carbocycles. The van der Waals surface area contributed by atoms with E-state index < -0.39 is 0 Å². The number of anilines is 1. The van der Waals surface area contributed by atoms with Gasteiger partial charge >= 0.3 is 0 Å². The molecule has 0 spiro atoms. The van der Waals surface area contributed by atoms with E-state index in [2.05, 4.69) is 20.5 Å².